The highest BCUT2D eigenvalue weighted by Crippen LogP contribution is 2.23. The van der Waals surface area contributed by atoms with Crippen molar-refractivity contribution < 1.29 is 0 Å². The first-order valence-corrected chi connectivity index (χ1v) is 6.72. The zero-order chi connectivity index (χ0) is 11.1. The molecule has 0 aliphatic carbocycles. The van der Waals surface area contributed by atoms with Crippen LogP contribution in [0.3, 0.4) is 0 Å². The maximum Gasteiger partial charge on any atom is 0.00791 e. The molecule has 2 unspecified atom stereocenters. The Kier molecular flexibility index (Phi) is 6.26. The van der Waals surface area contributed by atoms with Crippen molar-refractivity contribution in [1.29, 1.82) is 0 Å². The first-order chi connectivity index (χ1) is 7.27. The molecule has 2 atom stereocenters. The van der Waals surface area contributed by atoms with Crippen LogP contribution in [0.5, 0.6) is 0 Å². The minimum atomic E-state index is 0.769. The van der Waals surface area contributed by atoms with Crippen LogP contribution < -0.4 is 5.32 Å². The van der Waals surface area contributed by atoms with Gasteiger partial charge in [0.25, 0.3) is 0 Å². The van der Waals surface area contributed by atoms with Gasteiger partial charge < -0.3 is 10.2 Å². The molecule has 15 heavy (non-hydrogen) atoms. The summed E-state index contributed by atoms with van der Waals surface area (Å²) in [6.07, 6.45) is 5.51. The second-order valence-corrected chi connectivity index (χ2v) is 4.93. The van der Waals surface area contributed by atoms with E-state index in [-0.39, 0.29) is 0 Å². The number of nitrogens with zero attached hydrogens (tertiary/aromatic N) is 1. The van der Waals surface area contributed by atoms with Crippen LogP contribution in [-0.4, -0.2) is 37.1 Å². The summed E-state index contributed by atoms with van der Waals surface area (Å²) in [5.74, 6) is 0.983. The molecule has 1 saturated heterocycles. The summed E-state index contributed by atoms with van der Waals surface area (Å²) in [5, 5.41) is 3.41. The fraction of sp³-hybridized carbons (Fsp3) is 1.00. The van der Waals surface area contributed by atoms with Crippen molar-refractivity contribution in [2.24, 2.45) is 5.92 Å². The maximum absolute atomic E-state index is 3.41. The molecule has 0 amide bonds. The van der Waals surface area contributed by atoms with E-state index in [4.69, 9.17) is 0 Å². The predicted octanol–water partition coefficient (Wildman–Crippen LogP) is 2.50. The zero-order valence-corrected chi connectivity index (χ0v) is 10.8. The molecule has 90 valence electrons. The third-order valence-electron chi connectivity index (χ3n) is 3.63. The van der Waals surface area contributed by atoms with Crippen LogP contribution >= 0.6 is 0 Å². The summed E-state index contributed by atoms with van der Waals surface area (Å²) in [6.45, 7) is 11.8. The smallest absolute Gasteiger partial charge is 0.00791 e. The summed E-state index contributed by atoms with van der Waals surface area (Å²) in [4.78, 5) is 2.68. The quantitative estimate of drug-likeness (QED) is 0.652. The van der Waals surface area contributed by atoms with E-state index >= 15 is 0 Å². The number of nitrogens with one attached hydrogen (secondary N) is 1. The highest BCUT2D eigenvalue weighted by atomic mass is 15.2. The van der Waals surface area contributed by atoms with Crippen molar-refractivity contribution in [3.63, 3.8) is 0 Å². The van der Waals surface area contributed by atoms with Crippen LogP contribution in [0, 0.1) is 5.92 Å². The van der Waals surface area contributed by atoms with E-state index < -0.39 is 0 Å². The van der Waals surface area contributed by atoms with Gasteiger partial charge in [0.1, 0.15) is 0 Å². The molecule has 2 heteroatoms. The molecule has 1 aliphatic heterocycles. The Balaban J connectivity index is 2.15. The van der Waals surface area contributed by atoms with Gasteiger partial charge in [-0.05, 0) is 51.7 Å². The molecule has 0 radical (unpaired) electrons. The summed E-state index contributed by atoms with van der Waals surface area (Å²) >= 11 is 0. The van der Waals surface area contributed by atoms with Crippen molar-refractivity contribution in [3.05, 3.63) is 0 Å². The first-order valence-electron chi connectivity index (χ1n) is 6.72. The lowest BCUT2D eigenvalue weighted by atomic mass is 10.0. The van der Waals surface area contributed by atoms with Gasteiger partial charge >= 0.3 is 0 Å². The van der Waals surface area contributed by atoms with Crippen molar-refractivity contribution in [3.8, 4) is 0 Å². The highest BCUT2D eigenvalue weighted by Gasteiger charge is 2.24. The molecular formula is C13H28N2. The topological polar surface area (TPSA) is 15.3 Å². The Bertz CT molecular complexity index is 159. The van der Waals surface area contributed by atoms with Gasteiger partial charge in [0.05, 0.1) is 0 Å². The molecule has 2 nitrogen and oxygen atoms in total. The van der Waals surface area contributed by atoms with Crippen molar-refractivity contribution in [2.45, 2.75) is 52.5 Å². The molecule has 1 N–H and O–H groups in total. The molecule has 0 saturated carbocycles. The average Bonchev–Trinajstić information content (AvgIpc) is 2.67. The summed E-state index contributed by atoms with van der Waals surface area (Å²) in [7, 11) is 0. The van der Waals surface area contributed by atoms with E-state index in [1.54, 1.807) is 0 Å². The molecular weight excluding hydrogens is 184 g/mol. The number of hydrogen-bond donors (Lipinski definition) is 1. The Morgan fingerprint density at radius 1 is 1.40 bits per heavy atom. The van der Waals surface area contributed by atoms with Gasteiger partial charge in [0.2, 0.25) is 0 Å². The lowest BCUT2D eigenvalue weighted by Crippen LogP contribution is -2.33. The van der Waals surface area contributed by atoms with E-state index in [0.717, 1.165) is 18.5 Å². The Labute approximate surface area is 95.4 Å². The normalized spacial score (nSPS) is 24.6. The van der Waals surface area contributed by atoms with Gasteiger partial charge in [-0.2, -0.15) is 0 Å². The Morgan fingerprint density at radius 2 is 2.20 bits per heavy atom. The molecule has 1 heterocycles. The summed E-state index contributed by atoms with van der Waals surface area (Å²) in [6, 6.07) is 0.769. The Hall–Kier alpha value is -0.0800. The van der Waals surface area contributed by atoms with Gasteiger partial charge in [0.15, 0.2) is 0 Å². The van der Waals surface area contributed by atoms with Gasteiger partial charge in [0, 0.05) is 12.6 Å². The molecule has 1 fully saturated rings. The minimum absolute atomic E-state index is 0.769. The van der Waals surface area contributed by atoms with E-state index in [2.05, 4.69) is 31.0 Å². The second-order valence-electron chi connectivity index (χ2n) is 4.93. The molecule has 1 rings (SSSR count). The van der Waals surface area contributed by atoms with Gasteiger partial charge in [-0.25, -0.2) is 0 Å². The maximum atomic E-state index is 3.41. The predicted molar refractivity (Wildman–Crippen MR) is 67.2 cm³/mol. The SMILES string of the molecule is CCCC1CCN(C(C)CCNCC)C1. The minimum Gasteiger partial charge on any atom is -0.317 e. The fourth-order valence-corrected chi connectivity index (χ4v) is 2.58. The average molecular weight is 212 g/mol. The van der Waals surface area contributed by atoms with E-state index in [9.17, 15) is 0 Å². The number of hydrogen-bond acceptors (Lipinski definition) is 2. The lowest BCUT2D eigenvalue weighted by Gasteiger charge is -2.24. The van der Waals surface area contributed by atoms with Gasteiger partial charge in [-0.15, -0.1) is 0 Å². The monoisotopic (exact) mass is 212 g/mol. The Morgan fingerprint density at radius 3 is 2.87 bits per heavy atom. The van der Waals surface area contributed by atoms with Gasteiger partial charge in [-0.3, -0.25) is 0 Å². The molecule has 0 aromatic heterocycles. The van der Waals surface area contributed by atoms with Crippen LogP contribution in [0.1, 0.15) is 46.5 Å². The standard InChI is InChI=1S/C13H28N2/c1-4-6-13-8-10-15(11-13)12(3)7-9-14-5-2/h12-14H,4-11H2,1-3H3. The van der Waals surface area contributed by atoms with E-state index in [1.165, 1.54) is 45.3 Å². The summed E-state index contributed by atoms with van der Waals surface area (Å²) < 4.78 is 0. The number of likely N-dealkylation sites (tertiary alicyclic amines) is 1. The van der Waals surface area contributed by atoms with Crippen LogP contribution in [0.2, 0.25) is 0 Å². The molecule has 1 aliphatic rings. The van der Waals surface area contributed by atoms with Crippen LogP contribution in [-0.2, 0) is 0 Å². The molecule has 0 bridgehead atoms. The van der Waals surface area contributed by atoms with E-state index in [0.29, 0.717) is 0 Å². The van der Waals surface area contributed by atoms with Crippen molar-refractivity contribution in [1.82, 2.24) is 10.2 Å². The lowest BCUT2D eigenvalue weighted by molar-refractivity contribution is 0.235. The number of rotatable bonds is 7. The second kappa shape index (κ2) is 7.24. The van der Waals surface area contributed by atoms with Crippen LogP contribution in [0.4, 0.5) is 0 Å². The highest BCUT2D eigenvalue weighted by molar-refractivity contribution is 4.79. The van der Waals surface area contributed by atoms with Crippen LogP contribution in [0.25, 0.3) is 0 Å². The zero-order valence-electron chi connectivity index (χ0n) is 10.8. The van der Waals surface area contributed by atoms with Gasteiger partial charge in [-0.1, -0.05) is 20.3 Å². The first kappa shape index (κ1) is 13.0. The molecule has 0 aromatic carbocycles. The van der Waals surface area contributed by atoms with Crippen molar-refractivity contribution >= 4 is 0 Å². The van der Waals surface area contributed by atoms with Crippen molar-refractivity contribution in [2.75, 3.05) is 26.2 Å². The molecule has 0 aromatic rings. The fourth-order valence-electron chi connectivity index (χ4n) is 2.58. The van der Waals surface area contributed by atoms with Crippen LogP contribution in [0.15, 0.2) is 0 Å². The largest absolute Gasteiger partial charge is 0.317 e. The summed E-state index contributed by atoms with van der Waals surface area (Å²) in [5.41, 5.74) is 0. The third-order valence-corrected chi connectivity index (χ3v) is 3.63. The van der Waals surface area contributed by atoms with E-state index in [1.807, 2.05) is 0 Å². The third kappa shape index (κ3) is 4.52. The molecule has 0 spiro atoms.